The second-order valence-corrected chi connectivity index (χ2v) is 6.69. The van der Waals surface area contributed by atoms with E-state index in [9.17, 15) is 4.79 Å². The first-order valence-electron chi connectivity index (χ1n) is 7.60. The number of hydrogen-bond acceptors (Lipinski definition) is 3. The zero-order chi connectivity index (χ0) is 15.9. The van der Waals surface area contributed by atoms with Crippen molar-refractivity contribution in [3.05, 3.63) is 42.1 Å². The van der Waals surface area contributed by atoms with E-state index < -0.39 is 0 Å². The first-order chi connectivity index (χ1) is 10.6. The van der Waals surface area contributed by atoms with Gasteiger partial charge in [-0.1, -0.05) is 18.2 Å². The largest absolute Gasteiger partial charge is 0.311 e. The molecule has 2 aromatic rings. The number of thioether (sulfide) groups is 1. The van der Waals surface area contributed by atoms with Crippen LogP contribution in [0.15, 0.2) is 41.3 Å². The Balaban J connectivity index is 1.76. The molecular formula is C17H23N3OS. The molecule has 0 saturated heterocycles. The Kier molecular flexibility index (Phi) is 6.07. The third-order valence-electron chi connectivity index (χ3n) is 3.17. The molecule has 1 heterocycles. The maximum atomic E-state index is 12.0. The molecule has 0 fully saturated rings. The van der Waals surface area contributed by atoms with Gasteiger partial charge in [-0.2, -0.15) is 5.10 Å². The Morgan fingerprint density at radius 2 is 2.05 bits per heavy atom. The Hall–Kier alpha value is -1.75. The predicted molar refractivity (Wildman–Crippen MR) is 92.4 cm³/mol. The number of aryl methyl sites for hydroxylation is 1. The molecule has 1 aromatic carbocycles. The number of amides is 1. The molecular weight excluding hydrogens is 294 g/mol. The Morgan fingerprint density at radius 3 is 2.73 bits per heavy atom. The van der Waals surface area contributed by atoms with Crippen molar-refractivity contribution in [1.29, 1.82) is 0 Å². The molecule has 118 valence electrons. The van der Waals surface area contributed by atoms with Crippen molar-refractivity contribution in [3.8, 4) is 0 Å². The van der Waals surface area contributed by atoms with E-state index in [0.29, 0.717) is 6.42 Å². The lowest BCUT2D eigenvalue weighted by Gasteiger charge is -2.11. The van der Waals surface area contributed by atoms with Gasteiger partial charge in [-0.3, -0.25) is 4.79 Å². The Bertz CT molecular complexity index is 608. The van der Waals surface area contributed by atoms with E-state index in [4.69, 9.17) is 0 Å². The first kappa shape index (κ1) is 16.6. The third-order valence-corrected chi connectivity index (χ3v) is 4.27. The standard InChI is InChI=1S/C17H23N3OS/c1-13(2)20-16(12-14(3)19-20)18-17(21)10-7-11-22-15-8-5-4-6-9-15/h4-6,8-9,12-13H,7,10-11H2,1-3H3,(H,18,21). The number of hydrogen-bond donors (Lipinski definition) is 1. The number of rotatable bonds is 7. The fourth-order valence-electron chi connectivity index (χ4n) is 2.15. The molecule has 2 rings (SSSR count). The molecule has 0 unspecified atom stereocenters. The quantitative estimate of drug-likeness (QED) is 0.612. The van der Waals surface area contributed by atoms with Crippen molar-refractivity contribution in [3.63, 3.8) is 0 Å². The van der Waals surface area contributed by atoms with Crippen LogP contribution in [0.3, 0.4) is 0 Å². The van der Waals surface area contributed by atoms with Crippen LogP contribution in [-0.4, -0.2) is 21.4 Å². The van der Waals surface area contributed by atoms with Crippen molar-refractivity contribution in [1.82, 2.24) is 9.78 Å². The van der Waals surface area contributed by atoms with E-state index >= 15 is 0 Å². The molecule has 0 radical (unpaired) electrons. The molecule has 0 bridgehead atoms. The van der Waals surface area contributed by atoms with E-state index in [0.717, 1.165) is 23.7 Å². The minimum atomic E-state index is 0.0514. The average molecular weight is 317 g/mol. The first-order valence-corrected chi connectivity index (χ1v) is 8.58. The lowest BCUT2D eigenvalue weighted by molar-refractivity contribution is -0.116. The summed E-state index contributed by atoms with van der Waals surface area (Å²) in [6.07, 6.45) is 1.39. The molecule has 1 amide bonds. The van der Waals surface area contributed by atoms with Crippen LogP contribution < -0.4 is 5.32 Å². The van der Waals surface area contributed by atoms with Crippen LogP contribution in [0, 0.1) is 6.92 Å². The highest BCUT2D eigenvalue weighted by Gasteiger charge is 2.11. The van der Waals surface area contributed by atoms with Gasteiger partial charge in [-0.25, -0.2) is 4.68 Å². The van der Waals surface area contributed by atoms with Crippen molar-refractivity contribution in [2.75, 3.05) is 11.1 Å². The minimum Gasteiger partial charge on any atom is -0.311 e. The average Bonchev–Trinajstić information content (AvgIpc) is 2.85. The molecule has 4 nitrogen and oxygen atoms in total. The van der Waals surface area contributed by atoms with E-state index in [1.54, 1.807) is 11.8 Å². The van der Waals surface area contributed by atoms with Gasteiger partial charge in [0.15, 0.2) is 0 Å². The number of carbonyl (C=O) groups is 1. The monoisotopic (exact) mass is 317 g/mol. The van der Waals surface area contributed by atoms with Gasteiger partial charge in [-0.15, -0.1) is 11.8 Å². The van der Waals surface area contributed by atoms with Crippen LogP contribution in [0.5, 0.6) is 0 Å². The number of carbonyl (C=O) groups excluding carboxylic acids is 1. The topological polar surface area (TPSA) is 46.9 Å². The maximum Gasteiger partial charge on any atom is 0.225 e. The van der Waals surface area contributed by atoms with Crippen LogP contribution in [0.2, 0.25) is 0 Å². The van der Waals surface area contributed by atoms with Crippen molar-refractivity contribution in [2.45, 2.75) is 44.6 Å². The van der Waals surface area contributed by atoms with Crippen LogP contribution in [-0.2, 0) is 4.79 Å². The number of benzene rings is 1. The van der Waals surface area contributed by atoms with Gasteiger partial charge in [0.2, 0.25) is 5.91 Å². The highest BCUT2D eigenvalue weighted by molar-refractivity contribution is 7.99. The summed E-state index contributed by atoms with van der Waals surface area (Å²) in [7, 11) is 0. The molecule has 1 N–H and O–H groups in total. The van der Waals surface area contributed by atoms with Crippen LogP contribution in [0.1, 0.15) is 38.4 Å². The molecule has 0 spiro atoms. The lowest BCUT2D eigenvalue weighted by atomic mass is 10.3. The highest BCUT2D eigenvalue weighted by Crippen LogP contribution is 2.19. The lowest BCUT2D eigenvalue weighted by Crippen LogP contribution is -2.16. The summed E-state index contributed by atoms with van der Waals surface area (Å²) >= 11 is 1.78. The van der Waals surface area contributed by atoms with Gasteiger partial charge in [0.05, 0.1) is 5.69 Å². The SMILES string of the molecule is Cc1cc(NC(=O)CCCSc2ccccc2)n(C(C)C)n1. The van der Waals surface area contributed by atoms with E-state index in [2.05, 4.69) is 36.4 Å². The summed E-state index contributed by atoms with van der Waals surface area (Å²) in [5.41, 5.74) is 0.920. The Labute approximate surface area is 136 Å². The summed E-state index contributed by atoms with van der Waals surface area (Å²) < 4.78 is 1.85. The third kappa shape index (κ3) is 4.91. The molecule has 0 aliphatic heterocycles. The van der Waals surface area contributed by atoms with E-state index in [-0.39, 0.29) is 11.9 Å². The van der Waals surface area contributed by atoms with Crippen molar-refractivity contribution >= 4 is 23.5 Å². The van der Waals surface area contributed by atoms with Crippen LogP contribution >= 0.6 is 11.8 Å². The van der Waals surface area contributed by atoms with Gasteiger partial charge < -0.3 is 5.32 Å². The zero-order valence-corrected chi connectivity index (χ0v) is 14.2. The van der Waals surface area contributed by atoms with Gasteiger partial charge in [0, 0.05) is 23.4 Å². The van der Waals surface area contributed by atoms with Crippen LogP contribution in [0.25, 0.3) is 0 Å². The van der Waals surface area contributed by atoms with Gasteiger partial charge in [0.25, 0.3) is 0 Å². The maximum absolute atomic E-state index is 12.0. The minimum absolute atomic E-state index is 0.0514. The fraction of sp³-hybridized carbons (Fsp3) is 0.412. The van der Waals surface area contributed by atoms with Gasteiger partial charge in [-0.05, 0) is 45.1 Å². The second-order valence-electron chi connectivity index (χ2n) is 5.52. The summed E-state index contributed by atoms with van der Waals surface area (Å²) in [6.45, 7) is 6.04. The number of aromatic nitrogens is 2. The Morgan fingerprint density at radius 1 is 1.32 bits per heavy atom. The predicted octanol–water partition coefficient (Wildman–Crippen LogP) is 4.28. The summed E-state index contributed by atoms with van der Waals surface area (Å²) in [5.74, 6) is 1.78. The van der Waals surface area contributed by atoms with Gasteiger partial charge in [0.1, 0.15) is 5.82 Å². The summed E-state index contributed by atoms with van der Waals surface area (Å²) in [6, 6.07) is 12.4. The summed E-state index contributed by atoms with van der Waals surface area (Å²) in [4.78, 5) is 13.3. The normalized spacial score (nSPS) is 10.9. The molecule has 22 heavy (non-hydrogen) atoms. The second kappa shape index (κ2) is 8.03. The van der Waals surface area contributed by atoms with Crippen LogP contribution in [0.4, 0.5) is 5.82 Å². The molecule has 0 atom stereocenters. The molecule has 0 aliphatic carbocycles. The van der Waals surface area contributed by atoms with Crippen molar-refractivity contribution < 1.29 is 4.79 Å². The number of anilines is 1. The molecule has 1 aromatic heterocycles. The van der Waals surface area contributed by atoms with Gasteiger partial charge >= 0.3 is 0 Å². The zero-order valence-electron chi connectivity index (χ0n) is 13.4. The van der Waals surface area contributed by atoms with E-state index in [1.807, 2.05) is 35.9 Å². The summed E-state index contributed by atoms with van der Waals surface area (Å²) in [5, 5.41) is 7.36. The fourth-order valence-corrected chi connectivity index (χ4v) is 3.02. The van der Waals surface area contributed by atoms with E-state index in [1.165, 1.54) is 4.90 Å². The smallest absolute Gasteiger partial charge is 0.225 e. The number of nitrogens with one attached hydrogen (secondary N) is 1. The highest BCUT2D eigenvalue weighted by atomic mass is 32.2. The molecule has 0 saturated carbocycles. The number of nitrogens with zero attached hydrogens (tertiary/aromatic N) is 2. The molecule has 0 aliphatic rings. The van der Waals surface area contributed by atoms with Crippen molar-refractivity contribution in [2.24, 2.45) is 0 Å². The molecule has 5 heteroatoms.